The minimum Gasteiger partial charge on any atom is -0.200 e. The van der Waals surface area contributed by atoms with Gasteiger partial charge < -0.3 is 0 Å². The standard InChI is InChI=1S/C23H28N.C21H24N.C19H20N.C17H16N/c1-15(2)12-19-8-7-9-22-20(19)10-11-23(24(22)6)21-14-16(3)13-17(4)18(21)5;1-13-10-15(3)17(5)18(11-13)20-12-16(4)21-14(2)8-7-9-19(21)22(20)6;1-13-11-14(2)15(3)17(12-13)19-10-9-16-7-5-6-8-18(16)20(19)4;1-13-7-3-5-9-15(13)17-16-10-6-4-8-14(16)11-12-18(17)2/h7-11,13-15H,12H2,1-6H3;7-12H,1-6H3;5-12H,1-4H3;3-12H,1-2H3/q4*+1/i4D3,12D2;3D3;2D3;. The first kappa shape index (κ1) is 46.8. The zero-order valence-electron chi connectivity index (χ0n) is 62.8. The molecule has 0 fully saturated rings. The van der Waals surface area contributed by atoms with Crippen molar-refractivity contribution in [2.75, 3.05) is 0 Å². The van der Waals surface area contributed by atoms with Crippen LogP contribution in [0.25, 0.3) is 88.5 Å². The molecule has 0 bridgehead atoms. The van der Waals surface area contributed by atoms with E-state index >= 15 is 0 Å². The molecule has 424 valence electrons. The van der Waals surface area contributed by atoms with E-state index in [2.05, 4.69) is 163 Å². The number of para-hydroxylation sites is 1. The maximum atomic E-state index is 8.55. The highest BCUT2D eigenvalue weighted by Crippen LogP contribution is 2.32. The van der Waals surface area contributed by atoms with Crippen molar-refractivity contribution < 1.29 is 33.3 Å². The van der Waals surface area contributed by atoms with Crippen LogP contribution < -0.4 is 18.3 Å². The lowest BCUT2D eigenvalue weighted by molar-refractivity contribution is -0.659. The number of fused-ring (bicyclic) bond motifs is 4. The summed E-state index contributed by atoms with van der Waals surface area (Å²) in [5.74, 6) is -0.154. The summed E-state index contributed by atoms with van der Waals surface area (Å²) in [6.45, 7) is 15.3. The van der Waals surface area contributed by atoms with Gasteiger partial charge in [0, 0.05) is 90.6 Å². The third-order valence-corrected chi connectivity index (χ3v) is 16.4. The van der Waals surface area contributed by atoms with Gasteiger partial charge >= 0.3 is 0 Å². The molecule has 0 atom stereocenters. The Bertz CT molecular complexity index is 4900. The lowest BCUT2D eigenvalue weighted by Gasteiger charge is -2.12. The molecule has 4 nitrogen and oxygen atoms in total. The van der Waals surface area contributed by atoms with Gasteiger partial charge in [0.2, 0.25) is 39.3 Å². The van der Waals surface area contributed by atoms with Crippen molar-refractivity contribution in [3.63, 3.8) is 0 Å². The third-order valence-electron chi connectivity index (χ3n) is 16.4. The van der Waals surface area contributed by atoms with E-state index in [-0.39, 0.29) is 5.92 Å². The molecule has 12 rings (SSSR count). The van der Waals surface area contributed by atoms with Crippen molar-refractivity contribution in [1.29, 1.82) is 0 Å². The molecular formula is C80H88N4+4. The minimum atomic E-state index is -2.17. The molecule has 0 N–H and O–H groups in total. The van der Waals surface area contributed by atoms with Crippen LogP contribution >= 0.6 is 0 Å². The molecule has 84 heavy (non-hydrogen) atoms. The van der Waals surface area contributed by atoms with Gasteiger partial charge in [-0.2, -0.15) is 13.7 Å². The summed E-state index contributed by atoms with van der Waals surface area (Å²) in [5.41, 5.74) is 22.5. The monoisotopic (exact) mass is 1120 g/mol. The zero-order chi connectivity index (χ0) is 69.6. The van der Waals surface area contributed by atoms with Crippen LogP contribution in [0.4, 0.5) is 0 Å². The lowest BCUT2D eigenvalue weighted by Crippen LogP contribution is -2.32. The molecule has 4 heteroatoms. The summed E-state index contributed by atoms with van der Waals surface area (Å²) < 4.78 is 96.1. The number of pyridine rings is 4. The Morgan fingerprint density at radius 1 is 0.381 bits per heavy atom. The van der Waals surface area contributed by atoms with Gasteiger partial charge in [-0.3, -0.25) is 0 Å². The number of aryl methyl sites for hydroxylation is 13. The van der Waals surface area contributed by atoms with E-state index < -0.39 is 26.9 Å². The number of hydrogen-bond donors (Lipinski definition) is 0. The average molecular weight is 1120 g/mol. The molecule has 0 saturated heterocycles. The fraction of sp³-hybridized carbons (Fsp3) is 0.250. The highest BCUT2D eigenvalue weighted by molar-refractivity contribution is 5.93. The van der Waals surface area contributed by atoms with E-state index in [1.807, 2.05) is 130 Å². The van der Waals surface area contributed by atoms with Crippen LogP contribution in [0.15, 0.2) is 188 Å². The van der Waals surface area contributed by atoms with Crippen LogP contribution in [0.1, 0.15) is 101 Å². The highest BCUT2D eigenvalue weighted by atomic mass is 15.0. The normalized spacial score (nSPS) is 13.7. The van der Waals surface area contributed by atoms with Gasteiger partial charge in [-0.1, -0.05) is 122 Å². The second-order valence-electron chi connectivity index (χ2n) is 23.0. The topological polar surface area (TPSA) is 15.5 Å². The van der Waals surface area contributed by atoms with Crippen LogP contribution in [-0.2, 0) is 34.6 Å². The Balaban J connectivity index is 0.000000151. The summed E-state index contributed by atoms with van der Waals surface area (Å²) in [4.78, 5) is 0. The summed E-state index contributed by atoms with van der Waals surface area (Å²) in [5, 5.41) is 5.89. The zero-order valence-corrected chi connectivity index (χ0v) is 51.8. The number of benzene rings is 8. The molecule has 0 saturated carbocycles. The minimum absolute atomic E-state index is 0.154. The molecule has 4 heterocycles. The molecule has 0 aliphatic carbocycles. The Morgan fingerprint density at radius 3 is 1.48 bits per heavy atom. The van der Waals surface area contributed by atoms with Gasteiger partial charge in [-0.15, -0.1) is 0 Å². The van der Waals surface area contributed by atoms with E-state index in [1.165, 1.54) is 49.5 Å². The molecule has 0 amide bonds. The maximum Gasteiger partial charge on any atom is 0.220 e. The van der Waals surface area contributed by atoms with Gasteiger partial charge in [0.25, 0.3) is 0 Å². The second kappa shape index (κ2) is 25.5. The van der Waals surface area contributed by atoms with Crippen molar-refractivity contribution in [1.82, 2.24) is 0 Å². The van der Waals surface area contributed by atoms with Gasteiger partial charge in [-0.25, -0.2) is 4.57 Å². The first-order chi connectivity index (χ1) is 44.5. The summed E-state index contributed by atoms with van der Waals surface area (Å²) in [6.07, 6.45) is 0.686. The van der Waals surface area contributed by atoms with Crippen molar-refractivity contribution in [2.24, 2.45) is 34.1 Å². The molecule has 4 aromatic heterocycles. The van der Waals surface area contributed by atoms with E-state index in [0.717, 1.165) is 89.1 Å². The van der Waals surface area contributed by atoms with Gasteiger partial charge in [0.1, 0.15) is 28.2 Å². The molecule has 8 aromatic carbocycles. The molecule has 0 aliphatic rings. The Labute approximate surface area is 517 Å². The number of rotatable bonds is 6. The SMILES string of the molecule is Cc1ccccc1-c1c2ccccc2cc[n+]1C.[2H]C([2H])([2H])c1cc(C)cc(-c2cc(C)c3c(C)cccc3[n+]2C)c1C.[2H]C([2H])([2H])c1cc(C)cc(-c2ccc3c(C([2H])([2H])C(C)C)cccc3[n+]2C)c1C.[2H]C([2H])([2H])c1cc(C)cc(-c2ccc3ccccc3[n+]2C)c1C. The van der Waals surface area contributed by atoms with Gasteiger partial charge in [0.15, 0.2) is 6.20 Å². The summed E-state index contributed by atoms with van der Waals surface area (Å²) >= 11 is 0. The fourth-order valence-electron chi connectivity index (χ4n) is 11.8. The second-order valence-corrected chi connectivity index (χ2v) is 23.0. The number of hydrogen-bond acceptors (Lipinski definition) is 0. The van der Waals surface area contributed by atoms with Crippen LogP contribution in [0.3, 0.4) is 0 Å². The maximum absolute atomic E-state index is 8.55. The van der Waals surface area contributed by atoms with E-state index in [9.17, 15) is 0 Å². The quantitative estimate of drug-likeness (QED) is 0.148. The molecule has 12 aromatic rings. The fourth-order valence-corrected chi connectivity index (χ4v) is 11.8. The smallest absolute Gasteiger partial charge is 0.200 e. The predicted octanol–water partition coefficient (Wildman–Crippen LogP) is 18.2. The van der Waals surface area contributed by atoms with Gasteiger partial charge in [0.05, 0.1) is 10.8 Å². The first-order valence-corrected chi connectivity index (χ1v) is 29.0. The average Bonchev–Trinajstić information content (AvgIpc) is 0.772. The van der Waals surface area contributed by atoms with Crippen molar-refractivity contribution in [3.8, 4) is 45.0 Å². The van der Waals surface area contributed by atoms with E-state index in [1.54, 1.807) is 18.2 Å². The molecular weight excluding hydrogens is 1020 g/mol. The lowest BCUT2D eigenvalue weighted by atomic mass is 9.95. The third kappa shape index (κ3) is 12.5. The van der Waals surface area contributed by atoms with Crippen molar-refractivity contribution in [3.05, 3.63) is 261 Å². The molecule has 0 aliphatic heterocycles. The summed E-state index contributed by atoms with van der Waals surface area (Å²) in [7, 11) is 8.12. The van der Waals surface area contributed by atoms with Crippen LogP contribution in [-0.4, -0.2) is 0 Å². The van der Waals surface area contributed by atoms with Gasteiger partial charge in [-0.05, 0) is 205 Å². The molecule has 0 radical (unpaired) electrons. The van der Waals surface area contributed by atoms with E-state index in [0.29, 0.717) is 22.3 Å². The largest absolute Gasteiger partial charge is 0.220 e. The van der Waals surface area contributed by atoms with Crippen molar-refractivity contribution >= 4 is 43.5 Å². The van der Waals surface area contributed by atoms with Crippen molar-refractivity contribution in [2.45, 2.75) is 103 Å². The van der Waals surface area contributed by atoms with Crippen LogP contribution in [0.2, 0.25) is 0 Å². The Kier molecular flexibility index (Phi) is 14.2. The predicted molar refractivity (Wildman–Crippen MR) is 358 cm³/mol. The van der Waals surface area contributed by atoms with Crippen LogP contribution in [0, 0.1) is 88.8 Å². The highest BCUT2D eigenvalue weighted by Gasteiger charge is 2.22. The summed E-state index contributed by atoms with van der Waals surface area (Å²) in [6, 6.07) is 61.2. The van der Waals surface area contributed by atoms with E-state index in [4.69, 9.17) is 15.1 Å². The number of nitrogens with zero attached hydrogens (tertiary/aromatic N) is 4. The Morgan fingerprint density at radius 2 is 0.869 bits per heavy atom. The van der Waals surface area contributed by atoms with Crippen LogP contribution in [0.5, 0.6) is 0 Å². The number of aromatic nitrogens is 4. The molecule has 0 unspecified atom stereocenters. The first-order valence-electron chi connectivity index (χ1n) is 34.5. The Hall–Kier alpha value is -8.60. The molecule has 0 spiro atoms.